The van der Waals surface area contributed by atoms with E-state index in [1.807, 2.05) is 24.3 Å². The van der Waals surface area contributed by atoms with Crippen molar-refractivity contribution in [2.75, 3.05) is 18.9 Å². The average molecular weight is 358 g/mol. The van der Waals surface area contributed by atoms with Gasteiger partial charge in [-0.05, 0) is 29.8 Å². The maximum Gasteiger partial charge on any atom is 0.272 e. The van der Waals surface area contributed by atoms with Crippen LogP contribution in [0.15, 0.2) is 41.2 Å². The molecule has 0 saturated carbocycles. The molecule has 0 aliphatic heterocycles. The normalized spacial score (nSPS) is 10.7. The Morgan fingerprint density at radius 1 is 1.12 bits per heavy atom. The van der Waals surface area contributed by atoms with Crippen molar-refractivity contribution in [1.82, 2.24) is 10.2 Å². The number of nitrogens with two attached hydrogens (primary N) is 1. The van der Waals surface area contributed by atoms with Gasteiger partial charge in [0.05, 0.1) is 25.3 Å². The van der Waals surface area contributed by atoms with Gasteiger partial charge in [0.1, 0.15) is 0 Å². The van der Waals surface area contributed by atoms with Crippen molar-refractivity contribution in [1.29, 1.82) is 0 Å². The van der Waals surface area contributed by atoms with Crippen molar-refractivity contribution in [2.24, 2.45) is 5.14 Å². The summed E-state index contributed by atoms with van der Waals surface area (Å²) in [5.41, 5.74) is 2.47. The van der Waals surface area contributed by atoms with Crippen LogP contribution in [0.25, 0.3) is 10.8 Å². The van der Waals surface area contributed by atoms with Crippen LogP contribution < -0.4 is 24.9 Å². The number of nitrogens with one attached hydrogen (secondary N) is 2. The molecule has 130 valence electrons. The molecular weight excluding hydrogens is 340 g/mol. The van der Waals surface area contributed by atoms with E-state index in [9.17, 15) is 4.79 Å². The Hall–Kier alpha value is -2.71. The number of hydrogen-bond acceptors (Lipinski definition) is 7. The fourth-order valence-corrected chi connectivity index (χ4v) is 2.90. The van der Waals surface area contributed by atoms with Crippen molar-refractivity contribution in [3.05, 3.63) is 58.0 Å². The zero-order valence-corrected chi connectivity index (χ0v) is 14.6. The lowest BCUT2D eigenvalue weighted by atomic mass is 10.0. The number of aromatic amines is 1. The van der Waals surface area contributed by atoms with Crippen LogP contribution in [0.4, 0.5) is 5.69 Å². The molecule has 1 heterocycles. The lowest BCUT2D eigenvalue weighted by Crippen LogP contribution is -2.12. The first-order valence-corrected chi connectivity index (χ1v) is 8.38. The lowest BCUT2D eigenvalue weighted by Gasteiger charge is -2.11. The summed E-state index contributed by atoms with van der Waals surface area (Å²) in [5.74, 6) is 1.07. The van der Waals surface area contributed by atoms with Crippen LogP contribution in [0.1, 0.15) is 11.3 Å². The number of fused-ring (bicyclic) bond motifs is 1. The highest BCUT2D eigenvalue weighted by Crippen LogP contribution is 2.32. The number of nitrogens with zero attached hydrogens (tertiary/aromatic N) is 1. The Labute approximate surface area is 148 Å². The molecule has 7 nitrogen and oxygen atoms in total. The zero-order valence-electron chi connectivity index (χ0n) is 13.8. The quantitative estimate of drug-likeness (QED) is 0.582. The molecule has 0 bridgehead atoms. The molecule has 0 spiro atoms. The van der Waals surface area contributed by atoms with Gasteiger partial charge in [0.25, 0.3) is 5.56 Å². The Balaban J connectivity index is 2.03. The van der Waals surface area contributed by atoms with E-state index in [4.69, 9.17) is 14.6 Å². The van der Waals surface area contributed by atoms with Gasteiger partial charge in [0.2, 0.25) is 0 Å². The van der Waals surface area contributed by atoms with E-state index >= 15 is 0 Å². The van der Waals surface area contributed by atoms with E-state index in [2.05, 4.69) is 14.9 Å². The molecule has 0 unspecified atom stereocenters. The monoisotopic (exact) mass is 358 g/mol. The van der Waals surface area contributed by atoms with E-state index in [0.717, 1.165) is 34.5 Å². The Kier molecular flexibility index (Phi) is 5.11. The molecule has 3 rings (SSSR count). The first-order valence-electron chi connectivity index (χ1n) is 7.50. The van der Waals surface area contributed by atoms with Gasteiger partial charge in [-0.25, -0.2) is 5.10 Å². The fraction of sp³-hybridized carbons (Fsp3) is 0.176. The summed E-state index contributed by atoms with van der Waals surface area (Å²) in [6, 6.07) is 11.3. The molecule has 0 atom stereocenters. The standard InChI is InChI=1S/C17H18N4O3S/c1-23-15-8-12-13(9-16(15)24-2)17(22)20-19-14(12)7-10-3-5-11(6-4-10)21-25-18/h3-6,8-9,21H,7,18H2,1-2H3,(H,20,22). The second-order valence-corrected chi connectivity index (χ2v) is 5.79. The van der Waals surface area contributed by atoms with Crippen LogP contribution in [0.5, 0.6) is 11.5 Å². The minimum absolute atomic E-state index is 0.265. The minimum atomic E-state index is -0.265. The molecular formula is C17H18N4O3S. The summed E-state index contributed by atoms with van der Waals surface area (Å²) < 4.78 is 13.6. The minimum Gasteiger partial charge on any atom is -0.493 e. The maximum absolute atomic E-state index is 12.1. The number of hydrogen-bond donors (Lipinski definition) is 3. The van der Waals surface area contributed by atoms with Gasteiger partial charge in [-0.2, -0.15) is 5.10 Å². The van der Waals surface area contributed by atoms with E-state index in [0.29, 0.717) is 23.3 Å². The number of rotatable bonds is 6. The van der Waals surface area contributed by atoms with Gasteiger partial charge >= 0.3 is 0 Å². The summed E-state index contributed by atoms with van der Waals surface area (Å²) in [6.45, 7) is 0. The van der Waals surface area contributed by atoms with Gasteiger partial charge in [0.15, 0.2) is 11.5 Å². The van der Waals surface area contributed by atoms with Crippen molar-refractivity contribution >= 4 is 28.6 Å². The number of benzene rings is 2. The average Bonchev–Trinajstić information content (AvgIpc) is 2.65. The predicted molar refractivity (Wildman–Crippen MR) is 100 cm³/mol. The van der Waals surface area contributed by atoms with E-state index in [-0.39, 0.29) is 5.56 Å². The smallest absolute Gasteiger partial charge is 0.272 e. The Bertz CT molecular complexity index is 941. The first-order chi connectivity index (χ1) is 12.2. The van der Waals surface area contributed by atoms with Crippen molar-refractivity contribution < 1.29 is 9.47 Å². The fourth-order valence-electron chi connectivity index (χ4n) is 2.63. The van der Waals surface area contributed by atoms with Gasteiger partial charge in [-0.15, -0.1) is 0 Å². The van der Waals surface area contributed by atoms with Crippen LogP contribution in [0, 0.1) is 0 Å². The van der Waals surface area contributed by atoms with Crippen LogP contribution in [-0.2, 0) is 6.42 Å². The number of ether oxygens (including phenoxy) is 2. The van der Waals surface area contributed by atoms with Crippen LogP contribution in [0.2, 0.25) is 0 Å². The Morgan fingerprint density at radius 2 is 1.76 bits per heavy atom. The molecule has 8 heteroatoms. The second-order valence-electron chi connectivity index (χ2n) is 5.35. The SMILES string of the molecule is COc1cc2c(Cc3ccc(NSN)cc3)n[nH]c(=O)c2cc1OC. The van der Waals surface area contributed by atoms with E-state index < -0.39 is 0 Å². The summed E-state index contributed by atoms with van der Waals surface area (Å²) in [4.78, 5) is 12.1. The molecule has 0 radical (unpaired) electrons. The first kappa shape index (κ1) is 17.1. The molecule has 25 heavy (non-hydrogen) atoms. The summed E-state index contributed by atoms with van der Waals surface area (Å²) >= 11 is 1.05. The van der Waals surface area contributed by atoms with Gasteiger partial charge in [-0.1, -0.05) is 12.1 Å². The number of H-pyrrole nitrogens is 1. The molecule has 0 aliphatic rings. The summed E-state index contributed by atoms with van der Waals surface area (Å²) in [6.07, 6.45) is 0.568. The molecule has 3 aromatic rings. The molecule has 2 aromatic carbocycles. The van der Waals surface area contributed by atoms with Crippen molar-refractivity contribution in [2.45, 2.75) is 6.42 Å². The van der Waals surface area contributed by atoms with Gasteiger partial charge in [-0.3, -0.25) is 9.93 Å². The molecule has 1 aromatic heterocycles. The highest BCUT2D eigenvalue weighted by Gasteiger charge is 2.13. The van der Waals surface area contributed by atoms with Crippen LogP contribution in [-0.4, -0.2) is 24.4 Å². The molecule has 0 amide bonds. The number of anilines is 1. The van der Waals surface area contributed by atoms with E-state index in [1.165, 1.54) is 7.11 Å². The molecule has 0 fully saturated rings. The summed E-state index contributed by atoms with van der Waals surface area (Å²) in [5, 5.41) is 13.4. The third-order valence-corrected chi connectivity index (χ3v) is 4.23. The largest absolute Gasteiger partial charge is 0.493 e. The summed E-state index contributed by atoms with van der Waals surface area (Å²) in [7, 11) is 3.10. The molecule has 0 aliphatic carbocycles. The Morgan fingerprint density at radius 3 is 2.36 bits per heavy atom. The zero-order chi connectivity index (χ0) is 17.8. The number of aromatic nitrogens is 2. The van der Waals surface area contributed by atoms with Crippen molar-refractivity contribution in [3.8, 4) is 11.5 Å². The maximum atomic E-state index is 12.1. The topological polar surface area (TPSA) is 102 Å². The third kappa shape index (κ3) is 3.54. The lowest BCUT2D eigenvalue weighted by molar-refractivity contribution is 0.356. The highest BCUT2D eigenvalue weighted by molar-refractivity contribution is 7.98. The van der Waals surface area contributed by atoms with Crippen LogP contribution in [0.3, 0.4) is 0 Å². The number of methoxy groups -OCH3 is 2. The highest BCUT2D eigenvalue weighted by atomic mass is 32.2. The predicted octanol–water partition coefficient (Wildman–Crippen LogP) is 2.46. The third-order valence-electron chi connectivity index (χ3n) is 3.87. The van der Waals surface area contributed by atoms with Gasteiger partial charge in [0, 0.05) is 29.6 Å². The molecule has 4 N–H and O–H groups in total. The van der Waals surface area contributed by atoms with Crippen LogP contribution >= 0.6 is 12.1 Å². The second kappa shape index (κ2) is 7.45. The molecule has 0 saturated heterocycles. The van der Waals surface area contributed by atoms with E-state index in [1.54, 1.807) is 19.2 Å². The van der Waals surface area contributed by atoms with Gasteiger partial charge < -0.3 is 14.2 Å². The van der Waals surface area contributed by atoms with Crippen molar-refractivity contribution in [3.63, 3.8) is 0 Å².